The Bertz CT molecular complexity index is 957. The molecule has 326 valence electrons. The first-order valence-electron chi connectivity index (χ1n) is 23.9. The predicted molar refractivity (Wildman–Crippen MR) is 241 cm³/mol. The van der Waals surface area contributed by atoms with Gasteiger partial charge in [-0.05, 0) is 83.5 Å². The molecule has 0 saturated heterocycles. The van der Waals surface area contributed by atoms with Gasteiger partial charge in [0.2, 0.25) is 5.91 Å². The Morgan fingerprint density at radius 2 is 0.911 bits per heavy atom. The highest BCUT2D eigenvalue weighted by Gasteiger charge is 2.18. The van der Waals surface area contributed by atoms with Crippen LogP contribution in [-0.2, 0) is 14.3 Å². The molecule has 0 aliphatic rings. The molecule has 0 fully saturated rings. The van der Waals surface area contributed by atoms with Gasteiger partial charge >= 0.3 is 5.97 Å². The van der Waals surface area contributed by atoms with Crippen LogP contribution in [0.3, 0.4) is 0 Å². The van der Waals surface area contributed by atoms with E-state index in [0.717, 1.165) is 77.0 Å². The molecule has 6 heteroatoms. The molecule has 0 aromatic rings. The van der Waals surface area contributed by atoms with Gasteiger partial charge in [0.25, 0.3) is 0 Å². The zero-order valence-electron chi connectivity index (χ0n) is 36.8. The maximum absolute atomic E-state index is 12.4. The number of carbonyl (C=O) groups is 2. The minimum atomic E-state index is -0.858. The number of ether oxygens (including phenoxy) is 1. The van der Waals surface area contributed by atoms with Crippen molar-refractivity contribution in [2.24, 2.45) is 0 Å². The molecule has 0 aromatic heterocycles. The molecule has 0 aliphatic carbocycles. The van der Waals surface area contributed by atoms with Crippen molar-refractivity contribution in [3.05, 3.63) is 48.6 Å². The van der Waals surface area contributed by atoms with Gasteiger partial charge in [-0.15, -0.1) is 0 Å². The topological polar surface area (TPSA) is 95.9 Å². The standard InChI is InChI=1S/C50H91NO5/c1-3-5-7-9-11-13-15-19-23-26-30-34-38-42-48(53)47(46-52)51-49(54)43-39-35-31-27-24-20-17-16-18-21-25-29-33-37-41-45-56-50(55)44-40-36-32-28-22-14-12-10-8-6-4-2/h10,12,16,18,21,25,38,42,47-48,52-53H,3-9,11,13-15,17,19-20,22-24,26-37,39-41,43-46H2,1-2H3,(H,51,54)/b12-10-,18-16-,25-21-,42-38+. The first kappa shape index (κ1) is 53.8. The molecule has 56 heavy (non-hydrogen) atoms. The number of hydrogen-bond donors (Lipinski definition) is 3. The molecule has 0 heterocycles. The second-order valence-corrected chi connectivity index (χ2v) is 16.1. The Balaban J connectivity index is 3.59. The minimum absolute atomic E-state index is 0.0352. The fourth-order valence-corrected chi connectivity index (χ4v) is 6.84. The number of unbranched alkanes of at least 4 members (excludes halogenated alkanes) is 27. The van der Waals surface area contributed by atoms with Gasteiger partial charge in [-0.2, -0.15) is 0 Å². The summed E-state index contributed by atoms with van der Waals surface area (Å²) >= 11 is 0. The monoisotopic (exact) mass is 786 g/mol. The molecule has 3 N–H and O–H groups in total. The maximum atomic E-state index is 12.4. The fraction of sp³-hybridized carbons (Fsp3) is 0.800. The smallest absolute Gasteiger partial charge is 0.305 e. The molecule has 0 bridgehead atoms. The van der Waals surface area contributed by atoms with Crippen LogP contribution < -0.4 is 5.32 Å². The molecule has 0 saturated carbocycles. The summed E-state index contributed by atoms with van der Waals surface area (Å²) in [5, 5.41) is 23.0. The molecule has 2 atom stereocenters. The average molecular weight is 786 g/mol. The predicted octanol–water partition coefficient (Wildman–Crippen LogP) is 13.9. The highest BCUT2D eigenvalue weighted by molar-refractivity contribution is 5.76. The summed E-state index contributed by atoms with van der Waals surface area (Å²) in [5.41, 5.74) is 0. The van der Waals surface area contributed by atoms with Crippen LogP contribution in [0.15, 0.2) is 48.6 Å². The summed E-state index contributed by atoms with van der Waals surface area (Å²) in [6.45, 7) is 4.78. The van der Waals surface area contributed by atoms with Crippen molar-refractivity contribution in [1.29, 1.82) is 0 Å². The highest BCUT2D eigenvalue weighted by Crippen LogP contribution is 2.14. The summed E-state index contributed by atoms with van der Waals surface area (Å²) in [6, 6.07) is -0.644. The van der Waals surface area contributed by atoms with Crippen LogP contribution in [0.25, 0.3) is 0 Å². The summed E-state index contributed by atoms with van der Waals surface area (Å²) in [5.74, 6) is -0.128. The van der Waals surface area contributed by atoms with Crippen molar-refractivity contribution < 1.29 is 24.5 Å². The van der Waals surface area contributed by atoms with Crippen LogP contribution in [0.4, 0.5) is 0 Å². The van der Waals surface area contributed by atoms with E-state index >= 15 is 0 Å². The van der Waals surface area contributed by atoms with E-state index in [9.17, 15) is 19.8 Å². The molecule has 0 rings (SSSR count). The van der Waals surface area contributed by atoms with E-state index in [1.54, 1.807) is 6.08 Å². The summed E-state index contributed by atoms with van der Waals surface area (Å²) < 4.78 is 5.41. The molecule has 0 radical (unpaired) electrons. The molecule has 1 amide bonds. The van der Waals surface area contributed by atoms with E-state index in [1.807, 2.05) is 6.08 Å². The molecular weight excluding hydrogens is 695 g/mol. The molecule has 0 spiro atoms. The lowest BCUT2D eigenvalue weighted by Crippen LogP contribution is -2.45. The average Bonchev–Trinajstić information content (AvgIpc) is 3.20. The number of amides is 1. The molecule has 2 unspecified atom stereocenters. The lowest BCUT2D eigenvalue weighted by molar-refractivity contribution is -0.143. The van der Waals surface area contributed by atoms with Gasteiger partial charge in [0, 0.05) is 12.8 Å². The van der Waals surface area contributed by atoms with E-state index in [1.165, 1.54) is 128 Å². The van der Waals surface area contributed by atoms with Crippen LogP contribution in [0, 0.1) is 0 Å². The Hall–Kier alpha value is -2.18. The fourth-order valence-electron chi connectivity index (χ4n) is 6.84. The van der Waals surface area contributed by atoms with Gasteiger partial charge in [-0.3, -0.25) is 9.59 Å². The SMILES string of the molecule is CCCC/C=C\CCCCCCCC(=O)OCCCCC/C=C\C=C/CCCCCCCCC(=O)NC(CO)C(O)/C=C/CCCCCCCCCCCCC. The van der Waals surface area contributed by atoms with E-state index in [0.29, 0.717) is 19.4 Å². The van der Waals surface area contributed by atoms with Gasteiger partial charge in [0.1, 0.15) is 0 Å². The second kappa shape index (κ2) is 45.5. The first-order valence-corrected chi connectivity index (χ1v) is 23.9. The lowest BCUT2D eigenvalue weighted by atomic mass is 10.0. The van der Waals surface area contributed by atoms with Gasteiger partial charge in [-0.25, -0.2) is 0 Å². The Morgan fingerprint density at radius 1 is 0.500 bits per heavy atom. The van der Waals surface area contributed by atoms with Crippen LogP contribution in [-0.4, -0.2) is 47.4 Å². The van der Waals surface area contributed by atoms with Crippen molar-refractivity contribution in [3.63, 3.8) is 0 Å². The number of aliphatic hydroxyl groups is 2. The van der Waals surface area contributed by atoms with Crippen molar-refractivity contribution in [3.8, 4) is 0 Å². The summed E-state index contributed by atoms with van der Waals surface area (Å²) in [4.78, 5) is 24.3. The Labute approximate surface area is 346 Å². The van der Waals surface area contributed by atoms with Crippen LogP contribution in [0.1, 0.15) is 232 Å². The molecule has 0 aliphatic heterocycles. The zero-order valence-corrected chi connectivity index (χ0v) is 36.8. The number of allylic oxidation sites excluding steroid dienone is 7. The number of hydrogen-bond acceptors (Lipinski definition) is 5. The second-order valence-electron chi connectivity index (χ2n) is 16.1. The minimum Gasteiger partial charge on any atom is -0.466 e. The summed E-state index contributed by atoms with van der Waals surface area (Å²) in [7, 11) is 0. The van der Waals surface area contributed by atoms with E-state index in [2.05, 4.69) is 55.6 Å². The number of aliphatic hydroxyl groups excluding tert-OH is 2. The maximum Gasteiger partial charge on any atom is 0.305 e. The van der Waals surface area contributed by atoms with Crippen molar-refractivity contribution in [1.82, 2.24) is 5.32 Å². The van der Waals surface area contributed by atoms with Crippen LogP contribution in [0.2, 0.25) is 0 Å². The van der Waals surface area contributed by atoms with Gasteiger partial charge in [0.15, 0.2) is 0 Å². The van der Waals surface area contributed by atoms with Gasteiger partial charge in [0.05, 0.1) is 25.4 Å². The van der Waals surface area contributed by atoms with Crippen molar-refractivity contribution in [2.75, 3.05) is 13.2 Å². The third kappa shape index (κ3) is 41.5. The number of nitrogens with one attached hydrogen (secondary N) is 1. The number of rotatable bonds is 43. The number of esters is 1. The third-order valence-electron chi connectivity index (χ3n) is 10.6. The van der Waals surface area contributed by atoms with Crippen LogP contribution in [0.5, 0.6) is 0 Å². The quantitative estimate of drug-likeness (QED) is 0.0248. The zero-order chi connectivity index (χ0) is 40.8. The molecular formula is C50H91NO5. The van der Waals surface area contributed by atoms with Crippen molar-refractivity contribution in [2.45, 2.75) is 244 Å². The van der Waals surface area contributed by atoms with Crippen molar-refractivity contribution >= 4 is 11.9 Å². The molecule has 0 aromatic carbocycles. The first-order chi connectivity index (χ1) is 27.5. The Morgan fingerprint density at radius 3 is 1.43 bits per heavy atom. The normalized spacial score (nSPS) is 13.1. The van der Waals surface area contributed by atoms with Crippen LogP contribution >= 0.6 is 0 Å². The number of carbonyl (C=O) groups excluding carboxylic acids is 2. The van der Waals surface area contributed by atoms with E-state index in [-0.39, 0.29) is 18.5 Å². The van der Waals surface area contributed by atoms with Gasteiger partial charge in [-0.1, -0.05) is 184 Å². The lowest BCUT2D eigenvalue weighted by Gasteiger charge is -2.20. The highest BCUT2D eigenvalue weighted by atomic mass is 16.5. The largest absolute Gasteiger partial charge is 0.466 e. The summed E-state index contributed by atoms with van der Waals surface area (Å²) in [6.07, 6.45) is 55.3. The van der Waals surface area contributed by atoms with E-state index in [4.69, 9.17) is 4.74 Å². The van der Waals surface area contributed by atoms with Gasteiger partial charge < -0.3 is 20.3 Å². The third-order valence-corrected chi connectivity index (χ3v) is 10.6. The molecule has 6 nitrogen and oxygen atoms in total. The van der Waals surface area contributed by atoms with E-state index < -0.39 is 12.1 Å². The Kier molecular flexibility index (Phi) is 43.7.